The van der Waals surface area contributed by atoms with Crippen molar-refractivity contribution in [1.82, 2.24) is 4.98 Å². The number of halogens is 1. The minimum absolute atomic E-state index is 0.0173. The van der Waals surface area contributed by atoms with Crippen LogP contribution in [-0.2, 0) is 0 Å². The number of nitrogens with zero attached hydrogens (tertiary/aromatic N) is 1. The molecule has 0 saturated heterocycles. The van der Waals surface area contributed by atoms with Crippen molar-refractivity contribution in [3.8, 4) is 0 Å². The van der Waals surface area contributed by atoms with Crippen molar-refractivity contribution in [2.45, 2.75) is 31.7 Å². The molecule has 3 atom stereocenters. The fraction of sp³-hybridized carbons (Fsp3) is 0.615. The minimum atomic E-state index is -0.281. The van der Waals surface area contributed by atoms with Crippen molar-refractivity contribution in [2.24, 2.45) is 23.5 Å². The van der Waals surface area contributed by atoms with Crippen LogP contribution < -0.4 is 5.73 Å². The molecule has 2 saturated carbocycles. The summed E-state index contributed by atoms with van der Waals surface area (Å²) in [6.45, 7) is 0. The predicted molar refractivity (Wildman–Crippen MR) is 60.1 cm³/mol. The number of nitrogens with two attached hydrogens (primary N) is 1. The van der Waals surface area contributed by atoms with Crippen molar-refractivity contribution in [2.75, 3.05) is 0 Å². The van der Waals surface area contributed by atoms with Gasteiger partial charge in [0.1, 0.15) is 5.82 Å². The summed E-state index contributed by atoms with van der Waals surface area (Å²) in [6.07, 6.45) is 8.24. The molecule has 0 radical (unpaired) electrons. The smallest absolute Gasteiger partial charge is 0.141 e. The van der Waals surface area contributed by atoms with Crippen LogP contribution in [0.5, 0.6) is 0 Å². The van der Waals surface area contributed by atoms with Crippen LogP contribution in [-0.4, -0.2) is 4.98 Å². The van der Waals surface area contributed by atoms with E-state index in [4.69, 9.17) is 5.73 Å². The van der Waals surface area contributed by atoms with E-state index in [1.807, 2.05) is 0 Å². The van der Waals surface area contributed by atoms with Crippen molar-refractivity contribution in [3.63, 3.8) is 0 Å². The second-order valence-corrected chi connectivity index (χ2v) is 5.15. The second-order valence-electron chi connectivity index (χ2n) is 5.15. The number of hydrogen-bond acceptors (Lipinski definition) is 2. The summed E-state index contributed by atoms with van der Waals surface area (Å²) in [5.74, 6) is 1.89. The molecule has 1 aromatic heterocycles. The zero-order valence-electron chi connectivity index (χ0n) is 9.27. The quantitative estimate of drug-likeness (QED) is 0.832. The first kappa shape index (κ1) is 10.2. The van der Waals surface area contributed by atoms with E-state index < -0.39 is 0 Å². The molecule has 0 amide bonds. The number of rotatable bonds is 2. The average molecular weight is 220 g/mol. The van der Waals surface area contributed by atoms with Gasteiger partial charge in [0.25, 0.3) is 0 Å². The Hall–Kier alpha value is -0.960. The predicted octanol–water partition coefficient (Wildman–Crippen LogP) is 2.66. The van der Waals surface area contributed by atoms with Crippen LogP contribution in [0.1, 0.15) is 37.3 Å². The summed E-state index contributed by atoms with van der Waals surface area (Å²) >= 11 is 0. The highest BCUT2D eigenvalue weighted by Gasteiger charge is 2.53. The first-order chi connectivity index (χ1) is 7.77. The third-order valence-corrected chi connectivity index (χ3v) is 4.25. The highest BCUT2D eigenvalue weighted by molar-refractivity contribution is 5.20. The lowest BCUT2D eigenvalue weighted by molar-refractivity contribution is 0.480. The van der Waals surface area contributed by atoms with Crippen LogP contribution in [0.4, 0.5) is 4.39 Å². The molecule has 16 heavy (non-hydrogen) atoms. The van der Waals surface area contributed by atoms with E-state index in [1.165, 1.54) is 37.9 Å². The summed E-state index contributed by atoms with van der Waals surface area (Å²) in [4.78, 5) is 3.88. The number of fused-ring (bicyclic) bond motifs is 1. The maximum absolute atomic E-state index is 13.1. The molecule has 3 unspecified atom stereocenters. The van der Waals surface area contributed by atoms with Gasteiger partial charge in [0.2, 0.25) is 0 Å². The molecule has 3 heteroatoms. The molecule has 2 aliphatic rings. The van der Waals surface area contributed by atoms with Crippen LogP contribution in [0.3, 0.4) is 0 Å². The van der Waals surface area contributed by atoms with Gasteiger partial charge in [-0.3, -0.25) is 4.98 Å². The minimum Gasteiger partial charge on any atom is -0.324 e. The van der Waals surface area contributed by atoms with E-state index in [1.54, 1.807) is 6.20 Å². The van der Waals surface area contributed by atoms with E-state index in [0.717, 1.165) is 17.4 Å². The molecule has 0 aliphatic heterocycles. The van der Waals surface area contributed by atoms with Crippen LogP contribution in [0.2, 0.25) is 0 Å². The van der Waals surface area contributed by atoms with E-state index in [0.29, 0.717) is 5.92 Å². The average Bonchev–Trinajstić information content (AvgIpc) is 3.02. The first-order valence-electron chi connectivity index (χ1n) is 6.13. The summed E-state index contributed by atoms with van der Waals surface area (Å²) in [7, 11) is 0. The Labute approximate surface area is 95.1 Å². The first-order valence-corrected chi connectivity index (χ1v) is 6.13. The Morgan fingerprint density at radius 1 is 1.25 bits per heavy atom. The molecule has 86 valence electrons. The van der Waals surface area contributed by atoms with Crippen LogP contribution in [0.15, 0.2) is 18.5 Å². The summed E-state index contributed by atoms with van der Waals surface area (Å²) in [5, 5.41) is 0. The second kappa shape index (κ2) is 3.81. The number of hydrogen-bond donors (Lipinski definition) is 1. The molecule has 0 aromatic carbocycles. The molecule has 0 bridgehead atoms. The molecular formula is C13H17FN2. The van der Waals surface area contributed by atoms with Gasteiger partial charge >= 0.3 is 0 Å². The Balaban J connectivity index is 1.76. The molecule has 3 rings (SSSR count). The zero-order chi connectivity index (χ0) is 11.1. The fourth-order valence-electron chi connectivity index (χ4n) is 3.41. The van der Waals surface area contributed by atoms with E-state index in [9.17, 15) is 4.39 Å². The van der Waals surface area contributed by atoms with Gasteiger partial charge in [-0.25, -0.2) is 4.39 Å². The molecule has 2 nitrogen and oxygen atoms in total. The topological polar surface area (TPSA) is 38.9 Å². The molecular weight excluding hydrogens is 203 g/mol. The van der Waals surface area contributed by atoms with Gasteiger partial charge in [-0.15, -0.1) is 0 Å². The molecule has 0 spiro atoms. The summed E-state index contributed by atoms with van der Waals surface area (Å²) in [6, 6.07) is 1.51. The van der Waals surface area contributed by atoms with Crippen molar-refractivity contribution < 1.29 is 4.39 Å². The Morgan fingerprint density at radius 2 is 1.94 bits per heavy atom. The van der Waals surface area contributed by atoms with Gasteiger partial charge in [-0.05, 0) is 42.2 Å². The van der Waals surface area contributed by atoms with Crippen molar-refractivity contribution >= 4 is 0 Å². The van der Waals surface area contributed by atoms with Crippen LogP contribution in [0, 0.1) is 23.6 Å². The maximum Gasteiger partial charge on any atom is 0.141 e. The van der Waals surface area contributed by atoms with Crippen LogP contribution >= 0.6 is 0 Å². The van der Waals surface area contributed by atoms with E-state index in [2.05, 4.69) is 4.98 Å². The monoisotopic (exact) mass is 220 g/mol. The van der Waals surface area contributed by atoms with Crippen molar-refractivity contribution in [1.29, 1.82) is 0 Å². The van der Waals surface area contributed by atoms with Gasteiger partial charge in [-0.1, -0.05) is 12.8 Å². The Bertz CT molecular complexity index is 381. The Kier molecular flexibility index (Phi) is 2.43. The fourth-order valence-corrected chi connectivity index (χ4v) is 3.41. The van der Waals surface area contributed by atoms with Gasteiger partial charge in [-0.2, -0.15) is 0 Å². The van der Waals surface area contributed by atoms with Crippen LogP contribution in [0.25, 0.3) is 0 Å². The standard InChI is InChI=1S/C13H17FN2/c14-9-5-8(6-16-7-9)13(15)12-10-3-1-2-4-11(10)12/h5-7,10-13H,1-4,15H2. The van der Waals surface area contributed by atoms with Gasteiger partial charge in [0.15, 0.2) is 0 Å². The van der Waals surface area contributed by atoms with E-state index in [-0.39, 0.29) is 11.9 Å². The molecule has 2 N–H and O–H groups in total. The highest BCUT2D eigenvalue weighted by atomic mass is 19.1. The molecule has 2 aliphatic carbocycles. The molecule has 1 aromatic rings. The lowest BCUT2D eigenvalue weighted by Gasteiger charge is -2.11. The largest absolute Gasteiger partial charge is 0.324 e. The third kappa shape index (κ3) is 1.63. The number of aromatic nitrogens is 1. The molecule has 2 fully saturated rings. The van der Waals surface area contributed by atoms with E-state index >= 15 is 0 Å². The third-order valence-electron chi connectivity index (χ3n) is 4.25. The summed E-state index contributed by atoms with van der Waals surface area (Å²) in [5.41, 5.74) is 7.08. The zero-order valence-corrected chi connectivity index (χ0v) is 9.27. The summed E-state index contributed by atoms with van der Waals surface area (Å²) < 4.78 is 13.1. The number of pyridine rings is 1. The lowest BCUT2D eigenvalue weighted by atomic mass is 10.0. The normalized spacial score (nSPS) is 34.2. The van der Waals surface area contributed by atoms with Crippen molar-refractivity contribution in [3.05, 3.63) is 29.8 Å². The van der Waals surface area contributed by atoms with Gasteiger partial charge < -0.3 is 5.73 Å². The van der Waals surface area contributed by atoms with Gasteiger partial charge in [0.05, 0.1) is 6.20 Å². The highest BCUT2D eigenvalue weighted by Crippen LogP contribution is 2.59. The maximum atomic E-state index is 13.1. The lowest BCUT2D eigenvalue weighted by Crippen LogP contribution is -2.14. The Morgan fingerprint density at radius 3 is 2.56 bits per heavy atom. The SMILES string of the molecule is NC(c1cncc(F)c1)C1C2CCCCC21. The van der Waals surface area contributed by atoms with Gasteiger partial charge in [0, 0.05) is 12.2 Å². The molecule has 1 heterocycles.